The molecule has 0 radical (unpaired) electrons. The molecule has 2 aliphatic heterocycles. The third kappa shape index (κ3) is 13.3. The van der Waals surface area contributed by atoms with Crippen molar-refractivity contribution in [2.45, 2.75) is 296 Å². The number of hydrogen-bond acceptors (Lipinski definition) is 4. The largest absolute Gasteiger partial charge is 0.494 e. The average Bonchev–Trinajstić information content (AvgIpc) is 3.83. The quantitative estimate of drug-likeness (QED) is 0.0462. The van der Waals surface area contributed by atoms with E-state index in [1.807, 2.05) is 0 Å². The molecule has 0 bridgehead atoms. The Hall–Kier alpha value is -2.37. The van der Waals surface area contributed by atoms with E-state index in [1.165, 1.54) is 200 Å². The summed E-state index contributed by atoms with van der Waals surface area (Å²) in [6.45, 7) is 26.8. The van der Waals surface area contributed by atoms with Gasteiger partial charge in [-0.05, 0) is 131 Å². The van der Waals surface area contributed by atoms with E-state index in [0.717, 1.165) is 18.3 Å². The van der Waals surface area contributed by atoms with Gasteiger partial charge in [0, 0.05) is 10.8 Å². The van der Waals surface area contributed by atoms with Gasteiger partial charge in [0.2, 0.25) is 0 Å². The van der Waals surface area contributed by atoms with Crippen LogP contribution in [0, 0.1) is 0 Å². The first-order valence-electron chi connectivity index (χ1n) is 29.6. The van der Waals surface area contributed by atoms with Crippen LogP contribution in [-0.2, 0) is 29.4 Å². The van der Waals surface area contributed by atoms with Crippen LogP contribution in [-0.4, -0.2) is 36.6 Å². The number of benzene rings is 3. The second kappa shape index (κ2) is 25.7. The summed E-state index contributed by atoms with van der Waals surface area (Å²) >= 11 is 0. The third-order valence-corrected chi connectivity index (χ3v) is 18.3. The topological polar surface area (TPSA) is 36.9 Å². The molecule has 1 aliphatic carbocycles. The summed E-state index contributed by atoms with van der Waals surface area (Å²) in [6, 6.07) is 24.9. The molecule has 70 heavy (non-hydrogen) atoms. The van der Waals surface area contributed by atoms with Gasteiger partial charge in [-0.3, -0.25) is 0 Å². The SMILES string of the molecule is CCCCCCCCC(CCCCCCCC)(c1cccc(B2OC(C)(C)C(C)(C)O2)c1)c1ccc2c(c1)-c1ccc(B3OC(C)(C)C(C)(C)O3)cc1C2(CCCCCCCC)CCCCCCCC. The fourth-order valence-electron chi connectivity index (χ4n) is 12.3. The smallest absolute Gasteiger partial charge is 0.399 e. The first-order valence-corrected chi connectivity index (χ1v) is 29.6. The molecule has 6 heteroatoms. The average molecular weight is 957 g/mol. The Morgan fingerprint density at radius 1 is 0.371 bits per heavy atom. The van der Waals surface area contributed by atoms with Crippen molar-refractivity contribution in [2.75, 3.05) is 0 Å². The maximum absolute atomic E-state index is 6.81. The first-order chi connectivity index (χ1) is 33.5. The van der Waals surface area contributed by atoms with E-state index in [4.69, 9.17) is 18.6 Å². The molecule has 4 nitrogen and oxygen atoms in total. The monoisotopic (exact) mass is 957 g/mol. The van der Waals surface area contributed by atoms with Crippen LogP contribution >= 0.6 is 0 Å². The number of fused-ring (bicyclic) bond motifs is 3. The molecule has 0 unspecified atom stereocenters. The van der Waals surface area contributed by atoms with Crippen LogP contribution in [0.15, 0.2) is 60.7 Å². The minimum atomic E-state index is -0.394. The Morgan fingerprint density at radius 2 is 0.771 bits per heavy atom. The highest BCUT2D eigenvalue weighted by Crippen LogP contribution is 2.56. The summed E-state index contributed by atoms with van der Waals surface area (Å²) in [5, 5.41) is 0. The molecular formula is C64H102B2O4. The standard InChI is InChI=1S/C64H102B2O4/c1-13-17-21-25-29-33-44-63(45-34-30-26-22-18-14-2,51-38-37-39-53(48-51)65-67-59(5,6)60(7,8)68-65)52-40-43-57-56(49-52)55-42-41-54(66-69-61(9,10)62(11,12)70-66)50-58(55)64(57,46-35-31-27-23-19-15-3)47-36-32-28-24-20-16-4/h37-43,48-50H,13-36,44-47H2,1-12H3. The lowest BCUT2D eigenvalue weighted by molar-refractivity contribution is 0.00578. The highest BCUT2D eigenvalue weighted by molar-refractivity contribution is 6.62. The molecule has 0 saturated carbocycles. The molecular weight excluding hydrogens is 854 g/mol. The lowest BCUT2D eigenvalue weighted by atomic mass is 9.65. The van der Waals surface area contributed by atoms with E-state index in [-0.39, 0.29) is 25.1 Å². The van der Waals surface area contributed by atoms with Gasteiger partial charge in [0.15, 0.2) is 0 Å². The zero-order valence-corrected chi connectivity index (χ0v) is 47.4. The van der Waals surface area contributed by atoms with Crippen LogP contribution in [0.25, 0.3) is 11.1 Å². The van der Waals surface area contributed by atoms with E-state index >= 15 is 0 Å². The highest BCUT2D eigenvalue weighted by atomic mass is 16.7. The molecule has 6 rings (SSSR count). The van der Waals surface area contributed by atoms with Crippen LogP contribution < -0.4 is 10.9 Å². The zero-order valence-electron chi connectivity index (χ0n) is 47.4. The normalized spacial score (nSPS) is 18.5. The van der Waals surface area contributed by atoms with Crippen LogP contribution in [0.5, 0.6) is 0 Å². The molecule has 2 fully saturated rings. The van der Waals surface area contributed by atoms with Gasteiger partial charge >= 0.3 is 14.2 Å². The summed E-state index contributed by atoms with van der Waals surface area (Å²) in [4.78, 5) is 0. The molecule has 0 aromatic heterocycles. The van der Waals surface area contributed by atoms with Crippen LogP contribution in [0.3, 0.4) is 0 Å². The Kier molecular flexibility index (Phi) is 20.9. The summed E-state index contributed by atoms with van der Waals surface area (Å²) in [6.07, 6.45) is 35.9. The van der Waals surface area contributed by atoms with Gasteiger partial charge in [-0.15, -0.1) is 0 Å². The number of rotatable bonds is 32. The van der Waals surface area contributed by atoms with Crippen molar-refractivity contribution in [3.05, 3.63) is 82.9 Å². The Labute approximate surface area is 432 Å². The molecule has 0 N–H and O–H groups in total. The molecule has 3 aromatic rings. The summed E-state index contributed by atoms with van der Waals surface area (Å²) < 4.78 is 27.1. The van der Waals surface area contributed by atoms with Crippen molar-refractivity contribution in [3.8, 4) is 11.1 Å². The molecule has 0 spiro atoms. The summed E-state index contributed by atoms with van der Waals surface area (Å²) in [7, 11) is -0.769. The lowest BCUT2D eigenvalue weighted by Gasteiger charge is -2.37. The fourth-order valence-corrected chi connectivity index (χ4v) is 12.3. The predicted octanol–water partition coefficient (Wildman–Crippen LogP) is 17.8. The van der Waals surface area contributed by atoms with Crippen molar-refractivity contribution in [2.24, 2.45) is 0 Å². The molecule has 3 aliphatic rings. The van der Waals surface area contributed by atoms with Gasteiger partial charge in [-0.2, -0.15) is 0 Å². The minimum absolute atomic E-state index is 0.0454. The Bertz CT molecular complexity index is 1990. The third-order valence-electron chi connectivity index (χ3n) is 18.3. The molecule has 2 heterocycles. The minimum Gasteiger partial charge on any atom is -0.399 e. The highest BCUT2D eigenvalue weighted by Gasteiger charge is 2.54. The first kappa shape index (κ1) is 56.9. The van der Waals surface area contributed by atoms with Crippen molar-refractivity contribution < 1.29 is 18.6 Å². The van der Waals surface area contributed by atoms with Crippen molar-refractivity contribution in [3.63, 3.8) is 0 Å². The predicted molar refractivity (Wildman–Crippen MR) is 303 cm³/mol. The number of hydrogen-bond donors (Lipinski definition) is 0. The molecule has 2 saturated heterocycles. The van der Waals surface area contributed by atoms with Gasteiger partial charge in [-0.25, -0.2) is 0 Å². The lowest BCUT2D eigenvalue weighted by Crippen LogP contribution is -2.41. The second-order valence-electron chi connectivity index (χ2n) is 24.6. The van der Waals surface area contributed by atoms with Gasteiger partial charge in [0.05, 0.1) is 22.4 Å². The molecule has 0 atom stereocenters. The van der Waals surface area contributed by atoms with Crippen LogP contribution in [0.2, 0.25) is 0 Å². The van der Waals surface area contributed by atoms with E-state index in [1.54, 1.807) is 5.56 Å². The second-order valence-corrected chi connectivity index (χ2v) is 24.6. The Balaban J connectivity index is 1.51. The van der Waals surface area contributed by atoms with Gasteiger partial charge in [0.1, 0.15) is 0 Å². The van der Waals surface area contributed by atoms with E-state index in [2.05, 4.69) is 144 Å². The summed E-state index contributed by atoms with van der Waals surface area (Å²) in [5.74, 6) is 0. The van der Waals surface area contributed by atoms with Crippen molar-refractivity contribution in [1.29, 1.82) is 0 Å². The molecule has 388 valence electrons. The molecule has 0 amide bonds. The maximum Gasteiger partial charge on any atom is 0.494 e. The summed E-state index contributed by atoms with van der Waals surface area (Å²) in [5.41, 5.74) is 9.48. The van der Waals surface area contributed by atoms with Gasteiger partial charge < -0.3 is 18.6 Å². The van der Waals surface area contributed by atoms with Crippen molar-refractivity contribution in [1.82, 2.24) is 0 Å². The van der Waals surface area contributed by atoms with Gasteiger partial charge in [0.25, 0.3) is 0 Å². The Morgan fingerprint density at radius 3 is 1.23 bits per heavy atom. The fraction of sp³-hybridized carbons (Fsp3) is 0.719. The van der Waals surface area contributed by atoms with Crippen LogP contribution in [0.1, 0.15) is 285 Å². The van der Waals surface area contributed by atoms with Gasteiger partial charge in [-0.1, -0.05) is 236 Å². The zero-order chi connectivity index (χ0) is 50.5. The number of unbranched alkanes of at least 4 members (excludes halogenated alkanes) is 20. The molecule has 3 aromatic carbocycles. The van der Waals surface area contributed by atoms with Crippen LogP contribution in [0.4, 0.5) is 0 Å². The van der Waals surface area contributed by atoms with E-state index in [9.17, 15) is 0 Å². The maximum atomic E-state index is 6.81. The van der Waals surface area contributed by atoms with E-state index < -0.39 is 22.4 Å². The van der Waals surface area contributed by atoms with Crippen molar-refractivity contribution >= 4 is 25.2 Å². The van der Waals surface area contributed by atoms with E-state index in [0.29, 0.717) is 0 Å².